The number of aromatic carboxylic acids is 1. The molecular formula is C15H17NO3S. The molecule has 2 rings (SSSR count). The highest BCUT2D eigenvalue weighted by atomic mass is 32.1. The molecule has 0 amide bonds. The molecule has 4 nitrogen and oxygen atoms in total. The molecule has 1 aromatic heterocycles. The number of benzene rings is 1. The van der Waals surface area contributed by atoms with E-state index in [9.17, 15) is 4.79 Å². The molecule has 0 spiro atoms. The van der Waals surface area contributed by atoms with Crippen molar-refractivity contribution in [2.75, 3.05) is 0 Å². The zero-order valence-electron chi connectivity index (χ0n) is 11.7. The second-order valence-electron chi connectivity index (χ2n) is 4.85. The molecule has 0 fully saturated rings. The summed E-state index contributed by atoms with van der Waals surface area (Å²) in [5.74, 6) is 0.0542. The summed E-state index contributed by atoms with van der Waals surface area (Å²) in [6.07, 6.45) is 0. The molecule has 20 heavy (non-hydrogen) atoms. The van der Waals surface area contributed by atoms with Crippen LogP contribution in [-0.2, 0) is 6.61 Å². The molecule has 106 valence electrons. The van der Waals surface area contributed by atoms with Crippen LogP contribution in [0.5, 0.6) is 5.75 Å². The topological polar surface area (TPSA) is 59.4 Å². The van der Waals surface area contributed by atoms with Gasteiger partial charge in [0.05, 0.1) is 16.3 Å². The highest BCUT2D eigenvalue weighted by Crippen LogP contribution is 2.24. The third-order valence-electron chi connectivity index (χ3n) is 2.95. The van der Waals surface area contributed by atoms with Crippen molar-refractivity contribution in [1.29, 1.82) is 0 Å². The van der Waals surface area contributed by atoms with Crippen molar-refractivity contribution in [3.05, 3.63) is 45.4 Å². The van der Waals surface area contributed by atoms with E-state index in [1.54, 1.807) is 36.5 Å². The van der Waals surface area contributed by atoms with E-state index in [1.165, 1.54) is 0 Å². The lowest BCUT2D eigenvalue weighted by Gasteiger charge is -2.09. The number of aromatic nitrogens is 1. The molecule has 0 aliphatic heterocycles. The number of hydrogen-bond donors (Lipinski definition) is 1. The van der Waals surface area contributed by atoms with Gasteiger partial charge in [-0.2, -0.15) is 0 Å². The van der Waals surface area contributed by atoms with Crippen LogP contribution in [0.15, 0.2) is 23.6 Å². The number of hydrogen-bond acceptors (Lipinski definition) is 4. The predicted octanol–water partition coefficient (Wildman–Crippen LogP) is 3.85. The summed E-state index contributed by atoms with van der Waals surface area (Å²) in [5.41, 5.74) is 1.78. The fourth-order valence-corrected chi connectivity index (χ4v) is 2.63. The van der Waals surface area contributed by atoms with Crippen molar-refractivity contribution in [1.82, 2.24) is 4.98 Å². The minimum Gasteiger partial charge on any atom is -0.487 e. The molecular weight excluding hydrogens is 274 g/mol. The van der Waals surface area contributed by atoms with Gasteiger partial charge in [0.2, 0.25) is 0 Å². The normalized spacial score (nSPS) is 10.8. The molecule has 0 aliphatic carbocycles. The van der Waals surface area contributed by atoms with Gasteiger partial charge in [0.15, 0.2) is 0 Å². The van der Waals surface area contributed by atoms with Crippen molar-refractivity contribution < 1.29 is 14.6 Å². The van der Waals surface area contributed by atoms with Gasteiger partial charge in [0.25, 0.3) is 0 Å². The Morgan fingerprint density at radius 1 is 1.45 bits per heavy atom. The monoisotopic (exact) mass is 291 g/mol. The van der Waals surface area contributed by atoms with E-state index >= 15 is 0 Å². The first kappa shape index (κ1) is 14.5. The van der Waals surface area contributed by atoms with E-state index in [0.717, 1.165) is 10.7 Å². The summed E-state index contributed by atoms with van der Waals surface area (Å²) in [6, 6.07) is 5.04. The van der Waals surface area contributed by atoms with Crippen molar-refractivity contribution in [2.45, 2.75) is 33.3 Å². The molecule has 2 aromatic rings. The van der Waals surface area contributed by atoms with Crippen LogP contribution in [-0.4, -0.2) is 16.1 Å². The van der Waals surface area contributed by atoms with Gasteiger partial charge in [0.1, 0.15) is 12.4 Å². The number of carbonyl (C=O) groups is 1. The molecule has 0 aliphatic rings. The predicted molar refractivity (Wildman–Crippen MR) is 78.7 cm³/mol. The lowest BCUT2D eigenvalue weighted by atomic mass is 10.1. The third kappa shape index (κ3) is 3.17. The number of carboxylic acid groups (broad SMARTS) is 1. The summed E-state index contributed by atoms with van der Waals surface area (Å²) in [7, 11) is 0. The maximum atomic E-state index is 11.1. The molecule has 5 heteroatoms. The minimum atomic E-state index is -0.941. The van der Waals surface area contributed by atoms with Crippen LogP contribution in [0.2, 0.25) is 0 Å². The average Bonchev–Trinajstić information content (AvgIpc) is 2.86. The molecule has 1 aromatic carbocycles. The summed E-state index contributed by atoms with van der Waals surface area (Å²) < 4.78 is 5.69. The minimum absolute atomic E-state index is 0.267. The summed E-state index contributed by atoms with van der Waals surface area (Å²) >= 11 is 1.62. The zero-order chi connectivity index (χ0) is 14.7. The Balaban J connectivity index is 2.10. The first-order valence-corrected chi connectivity index (χ1v) is 7.27. The van der Waals surface area contributed by atoms with E-state index in [2.05, 4.69) is 18.8 Å². The number of thiazole rings is 1. The first-order valence-electron chi connectivity index (χ1n) is 6.39. The fourth-order valence-electron chi connectivity index (χ4n) is 1.81. The maximum absolute atomic E-state index is 11.1. The van der Waals surface area contributed by atoms with Gasteiger partial charge in [0, 0.05) is 16.9 Å². The standard InChI is InChI=1S/C15H17NO3S/c1-9(2)14-16-11(8-20-14)7-19-13-6-4-5-12(10(13)3)15(17)18/h4-6,8-9H,7H2,1-3H3,(H,17,18). The summed E-state index contributed by atoms with van der Waals surface area (Å²) in [5, 5.41) is 12.1. The Labute approximate surface area is 122 Å². The number of ether oxygens (including phenoxy) is 1. The van der Waals surface area contributed by atoms with E-state index < -0.39 is 5.97 Å². The molecule has 0 radical (unpaired) electrons. The van der Waals surface area contributed by atoms with Crippen LogP contribution in [0.4, 0.5) is 0 Å². The van der Waals surface area contributed by atoms with Gasteiger partial charge in [-0.1, -0.05) is 19.9 Å². The Morgan fingerprint density at radius 2 is 2.20 bits per heavy atom. The molecule has 1 N–H and O–H groups in total. The SMILES string of the molecule is Cc1c(OCc2csc(C(C)C)n2)cccc1C(=O)O. The van der Waals surface area contributed by atoms with Crippen LogP contribution in [0.25, 0.3) is 0 Å². The van der Waals surface area contributed by atoms with Crippen LogP contribution in [0.1, 0.15) is 46.4 Å². The summed E-state index contributed by atoms with van der Waals surface area (Å²) in [6.45, 7) is 6.31. The molecule has 0 bridgehead atoms. The first-order chi connectivity index (χ1) is 9.49. The Morgan fingerprint density at radius 3 is 2.80 bits per heavy atom. The lowest BCUT2D eigenvalue weighted by molar-refractivity contribution is 0.0695. The average molecular weight is 291 g/mol. The second kappa shape index (κ2) is 6.05. The Hall–Kier alpha value is -1.88. The van der Waals surface area contributed by atoms with E-state index in [4.69, 9.17) is 9.84 Å². The van der Waals surface area contributed by atoms with Crippen molar-refractivity contribution in [2.24, 2.45) is 0 Å². The van der Waals surface area contributed by atoms with Gasteiger partial charge in [-0.15, -0.1) is 11.3 Å². The van der Waals surface area contributed by atoms with Gasteiger partial charge in [-0.05, 0) is 19.1 Å². The zero-order valence-corrected chi connectivity index (χ0v) is 12.5. The molecule has 1 heterocycles. The van der Waals surface area contributed by atoms with Gasteiger partial charge in [-0.25, -0.2) is 9.78 Å². The largest absolute Gasteiger partial charge is 0.487 e. The van der Waals surface area contributed by atoms with Gasteiger partial charge < -0.3 is 9.84 Å². The smallest absolute Gasteiger partial charge is 0.336 e. The fraction of sp³-hybridized carbons (Fsp3) is 0.333. The third-order valence-corrected chi connectivity index (χ3v) is 4.15. The molecule has 0 unspecified atom stereocenters. The number of nitrogens with zero attached hydrogens (tertiary/aromatic N) is 1. The molecule has 0 saturated heterocycles. The number of carboxylic acids is 1. The Kier molecular flexibility index (Phi) is 4.39. The maximum Gasteiger partial charge on any atom is 0.336 e. The van der Waals surface area contributed by atoms with E-state index in [1.807, 2.05) is 5.38 Å². The van der Waals surface area contributed by atoms with E-state index in [-0.39, 0.29) is 5.56 Å². The summed E-state index contributed by atoms with van der Waals surface area (Å²) in [4.78, 5) is 15.5. The van der Waals surface area contributed by atoms with Crippen LogP contribution >= 0.6 is 11.3 Å². The van der Waals surface area contributed by atoms with Gasteiger partial charge in [-0.3, -0.25) is 0 Å². The highest BCUT2D eigenvalue weighted by Gasteiger charge is 2.12. The van der Waals surface area contributed by atoms with Crippen molar-refractivity contribution >= 4 is 17.3 Å². The van der Waals surface area contributed by atoms with Crippen molar-refractivity contribution in [3.8, 4) is 5.75 Å². The highest BCUT2D eigenvalue weighted by molar-refractivity contribution is 7.09. The lowest BCUT2D eigenvalue weighted by Crippen LogP contribution is -2.03. The van der Waals surface area contributed by atoms with Crippen molar-refractivity contribution in [3.63, 3.8) is 0 Å². The Bertz CT molecular complexity index is 619. The van der Waals surface area contributed by atoms with Gasteiger partial charge >= 0.3 is 5.97 Å². The van der Waals surface area contributed by atoms with E-state index in [0.29, 0.717) is 23.8 Å². The van der Waals surface area contributed by atoms with Crippen LogP contribution in [0, 0.1) is 6.92 Å². The molecule has 0 saturated carbocycles. The van der Waals surface area contributed by atoms with Crippen LogP contribution < -0.4 is 4.74 Å². The van der Waals surface area contributed by atoms with Crippen LogP contribution in [0.3, 0.4) is 0 Å². The molecule has 0 atom stereocenters. The second-order valence-corrected chi connectivity index (χ2v) is 5.74. The quantitative estimate of drug-likeness (QED) is 0.909. The number of rotatable bonds is 5.